The second-order valence-electron chi connectivity index (χ2n) is 9.85. The van der Waals surface area contributed by atoms with Crippen LogP contribution in [-0.4, -0.2) is 70.5 Å². The molecule has 1 aliphatic carbocycles. The van der Waals surface area contributed by atoms with Crippen LogP contribution in [-0.2, 0) is 10.0 Å². The maximum Gasteiger partial charge on any atom is 0.291 e. The number of nitrogens with one attached hydrogen (secondary N) is 2. The Hall–Kier alpha value is -3.39. The zero-order valence-electron chi connectivity index (χ0n) is 21.2. The number of nitriles is 1. The van der Waals surface area contributed by atoms with Gasteiger partial charge in [0.1, 0.15) is 23.9 Å². The Kier molecular flexibility index (Phi) is 6.64. The number of hydrogen-bond acceptors (Lipinski definition) is 10. The summed E-state index contributed by atoms with van der Waals surface area (Å²) in [4.78, 5) is 10.6. The fourth-order valence-corrected chi connectivity index (χ4v) is 7.18. The fourth-order valence-electron chi connectivity index (χ4n) is 5.07. The van der Waals surface area contributed by atoms with Gasteiger partial charge in [-0.15, -0.1) is 10.2 Å². The third kappa shape index (κ3) is 4.56. The van der Waals surface area contributed by atoms with Crippen molar-refractivity contribution in [2.45, 2.75) is 55.3 Å². The zero-order valence-corrected chi connectivity index (χ0v) is 22.8. The summed E-state index contributed by atoms with van der Waals surface area (Å²) in [6.45, 7) is 3.16. The molecule has 2 aliphatic rings. The van der Waals surface area contributed by atoms with Crippen LogP contribution in [0.15, 0.2) is 29.4 Å². The number of rotatable bonds is 8. The molecule has 40 heavy (non-hydrogen) atoms. The molecule has 0 bridgehead atoms. The number of benzene rings is 1. The Morgan fingerprint density at radius 2 is 2.08 bits per heavy atom. The van der Waals surface area contributed by atoms with Crippen LogP contribution in [0, 0.1) is 11.3 Å². The van der Waals surface area contributed by atoms with Crippen LogP contribution >= 0.6 is 11.3 Å². The summed E-state index contributed by atoms with van der Waals surface area (Å²) in [7, 11) is -4.09. The predicted molar refractivity (Wildman–Crippen MR) is 142 cm³/mol. The highest BCUT2D eigenvalue weighted by molar-refractivity contribution is 7.89. The highest BCUT2D eigenvalue weighted by Crippen LogP contribution is 2.40. The van der Waals surface area contributed by atoms with Crippen LogP contribution in [0.5, 0.6) is 0 Å². The van der Waals surface area contributed by atoms with Crippen molar-refractivity contribution in [3.05, 3.63) is 29.5 Å². The number of sulfonamides is 1. The van der Waals surface area contributed by atoms with E-state index in [1.807, 2.05) is 17.9 Å². The molecule has 11 nitrogen and oxygen atoms in total. The van der Waals surface area contributed by atoms with Crippen molar-refractivity contribution < 1.29 is 21.6 Å². The molecule has 6 rings (SSSR count). The van der Waals surface area contributed by atoms with E-state index in [0.717, 1.165) is 0 Å². The highest BCUT2D eigenvalue weighted by Gasteiger charge is 2.47. The van der Waals surface area contributed by atoms with Crippen molar-refractivity contribution >= 4 is 49.1 Å². The van der Waals surface area contributed by atoms with Gasteiger partial charge < -0.3 is 10.2 Å². The lowest BCUT2D eigenvalue weighted by Crippen LogP contribution is -2.51. The molecule has 2 fully saturated rings. The number of piperidine rings is 1. The number of nitrogens with zero attached hydrogens (tertiary/aromatic N) is 7. The van der Waals surface area contributed by atoms with Crippen molar-refractivity contribution in [3.8, 4) is 11.2 Å². The molecule has 1 saturated carbocycles. The molecule has 3 aromatic heterocycles. The van der Waals surface area contributed by atoms with E-state index < -0.39 is 33.2 Å². The van der Waals surface area contributed by atoms with Gasteiger partial charge in [-0.25, -0.2) is 31.6 Å². The van der Waals surface area contributed by atoms with Gasteiger partial charge in [-0.2, -0.15) is 9.98 Å². The van der Waals surface area contributed by atoms with E-state index in [4.69, 9.17) is 0 Å². The lowest BCUT2D eigenvalue weighted by Gasteiger charge is -2.36. The summed E-state index contributed by atoms with van der Waals surface area (Å²) in [6.07, 6.45) is -1.33. The molecule has 2 N–H and O–H groups in total. The maximum absolute atomic E-state index is 15.1. The molecule has 4 heterocycles. The van der Waals surface area contributed by atoms with Crippen molar-refractivity contribution in [1.29, 1.82) is 5.26 Å². The minimum absolute atomic E-state index is 0.0624. The van der Waals surface area contributed by atoms with Crippen LogP contribution in [0.4, 0.5) is 19.0 Å². The molecule has 4 aromatic rings. The van der Waals surface area contributed by atoms with Crippen molar-refractivity contribution in [3.63, 3.8) is 0 Å². The topological polar surface area (TPSA) is 142 Å². The van der Waals surface area contributed by atoms with Gasteiger partial charge in [0.15, 0.2) is 10.7 Å². The van der Waals surface area contributed by atoms with E-state index in [-0.39, 0.29) is 22.6 Å². The number of anilines is 1. The average molecular weight is 592 g/mol. The Labute approximate surface area is 231 Å². The first-order chi connectivity index (χ1) is 19.2. The third-order valence-electron chi connectivity index (χ3n) is 7.22. The SMILES string of the molecule is CCN[C@@H]1CCN(c2ncnc3c2c2ccc(S(=O)(=O)NC4(C#N)CC4)cc2n3-c2nnc(C(F)F)s2)C[C@@H]1F. The van der Waals surface area contributed by atoms with Crippen LogP contribution in [0.3, 0.4) is 0 Å². The van der Waals surface area contributed by atoms with Crippen molar-refractivity contribution in [1.82, 2.24) is 34.8 Å². The van der Waals surface area contributed by atoms with Crippen LogP contribution in [0.2, 0.25) is 0 Å². The quantitative estimate of drug-likeness (QED) is 0.316. The first-order valence-corrected chi connectivity index (χ1v) is 14.9. The minimum atomic E-state index is -4.09. The van der Waals surface area contributed by atoms with Gasteiger partial charge in [0, 0.05) is 18.0 Å². The largest absolute Gasteiger partial charge is 0.353 e. The molecule has 0 spiro atoms. The summed E-state index contributed by atoms with van der Waals surface area (Å²) >= 11 is 0.653. The van der Waals surface area contributed by atoms with Crippen LogP contribution < -0.4 is 14.9 Å². The predicted octanol–water partition coefficient (Wildman–Crippen LogP) is 3.22. The second-order valence-corrected chi connectivity index (χ2v) is 12.5. The molecule has 0 amide bonds. The molecule has 0 radical (unpaired) electrons. The summed E-state index contributed by atoms with van der Waals surface area (Å²) in [6, 6.07) is 6.09. The number of hydrogen-bond donors (Lipinski definition) is 2. The monoisotopic (exact) mass is 591 g/mol. The highest BCUT2D eigenvalue weighted by atomic mass is 32.2. The summed E-state index contributed by atoms with van der Waals surface area (Å²) in [5, 5.41) is 20.7. The van der Waals surface area contributed by atoms with E-state index >= 15 is 4.39 Å². The van der Waals surface area contributed by atoms with Gasteiger partial charge in [0.05, 0.1) is 28.4 Å². The van der Waals surface area contributed by atoms with E-state index in [0.29, 0.717) is 71.4 Å². The second kappa shape index (κ2) is 9.91. The summed E-state index contributed by atoms with van der Waals surface area (Å²) in [5.74, 6) is 0.445. The van der Waals surface area contributed by atoms with Gasteiger partial charge in [-0.05, 0) is 37.9 Å². The van der Waals surface area contributed by atoms with Gasteiger partial charge in [-0.3, -0.25) is 4.57 Å². The molecule has 2 atom stereocenters. The summed E-state index contributed by atoms with van der Waals surface area (Å²) in [5.41, 5.74) is -0.524. The molecule has 1 saturated heterocycles. The van der Waals surface area contributed by atoms with E-state index in [1.165, 1.54) is 23.0 Å². The Morgan fingerprint density at radius 1 is 1.27 bits per heavy atom. The van der Waals surface area contributed by atoms with Gasteiger partial charge in [0.25, 0.3) is 6.43 Å². The minimum Gasteiger partial charge on any atom is -0.353 e. The Balaban J connectivity index is 1.53. The van der Waals surface area contributed by atoms with E-state index in [1.54, 1.807) is 6.07 Å². The standard InChI is InChI=1S/C24H24F3N9O2S2/c1-2-29-16-5-8-35(10-15(16)25)20-18-14-4-3-13(40(37,38)34-24(11-28)6-7-24)9-17(14)36(21(18)31-12-30-20)23-33-32-22(39-23)19(26)27/h3-4,9,12,15-16,19,29,34H,2,5-8,10H2,1H3/t15-,16+/m0/s1. The number of aromatic nitrogens is 5. The zero-order chi connectivity index (χ0) is 28.2. The molecule has 210 valence electrons. The molecule has 0 unspecified atom stereocenters. The molecule has 1 aliphatic heterocycles. The lowest BCUT2D eigenvalue weighted by atomic mass is 10.0. The van der Waals surface area contributed by atoms with Gasteiger partial charge >= 0.3 is 0 Å². The Morgan fingerprint density at radius 3 is 2.73 bits per heavy atom. The number of fused-ring (bicyclic) bond motifs is 3. The third-order valence-corrected chi connectivity index (χ3v) is 9.67. The van der Waals surface area contributed by atoms with Crippen molar-refractivity contribution in [2.24, 2.45) is 0 Å². The number of alkyl halides is 3. The normalized spacial score (nSPS) is 20.9. The average Bonchev–Trinajstić information content (AvgIpc) is 3.37. The van der Waals surface area contributed by atoms with Crippen molar-refractivity contribution in [2.75, 3.05) is 24.5 Å². The van der Waals surface area contributed by atoms with Crippen LogP contribution in [0.1, 0.15) is 37.6 Å². The van der Waals surface area contributed by atoms with Crippen LogP contribution in [0.25, 0.3) is 27.1 Å². The number of halogens is 3. The smallest absolute Gasteiger partial charge is 0.291 e. The Bertz CT molecular complexity index is 1750. The molecule has 16 heteroatoms. The van der Waals surface area contributed by atoms with E-state index in [2.05, 4.69) is 30.2 Å². The fraction of sp³-hybridized carbons (Fsp3) is 0.458. The summed E-state index contributed by atoms with van der Waals surface area (Å²) < 4.78 is 72.2. The van der Waals surface area contributed by atoms with Gasteiger partial charge in [0.2, 0.25) is 15.2 Å². The van der Waals surface area contributed by atoms with E-state index in [9.17, 15) is 22.5 Å². The van der Waals surface area contributed by atoms with Gasteiger partial charge in [-0.1, -0.05) is 24.3 Å². The molecular weight excluding hydrogens is 567 g/mol. The molecule has 1 aromatic carbocycles. The first kappa shape index (κ1) is 26.8. The maximum atomic E-state index is 15.1. The molecular formula is C24H24F3N9O2S2. The lowest BCUT2D eigenvalue weighted by molar-refractivity contribution is 0.150. The first-order valence-electron chi connectivity index (χ1n) is 12.6.